The van der Waals surface area contributed by atoms with Crippen molar-refractivity contribution in [1.82, 2.24) is 24.9 Å². The molecule has 0 spiro atoms. The summed E-state index contributed by atoms with van der Waals surface area (Å²) in [4.78, 5) is 18.7. The first-order chi connectivity index (χ1) is 11.1. The fourth-order valence-electron chi connectivity index (χ4n) is 2.82. The van der Waals surface area contributed by atoms with Gasteiger partial charge in [0, 0.05) is 51.7 Å². The maximum absolute atomic E-state index is 12.2. The van der Waals surface area contributed by atoms with Crippen LogP contribution in [0.1, 0.15) is 16.1 Å². The Hall–Kier alpha value is -1.96. The van der Waals surface area contributed by atoms with Gasteiger partial charge in [-0.05, 0) is 19.1 Å². The smallest absolute Gasteiger partial charge is 0.252 e. The van der Waals surface area contributed by atoms with Crippen LogP contribution in [0.4, 0.5) is 0 Å². The molecule has 124 valence electrons. The van der Waals surface area contributed by atoms with Crippen molar-refractivity contribution in [1.29, 1.82) is 0 Å². The predicted molar refractivity (Wildman–Crippen MR) is 87.6 cm³/mol. The fourth-order valence-corrected chi connectivity index (χ4v) is 2.82. The molecule has 7 nitrogen and oxygen atoms in total. The Morgan fingerprint density at radius 3 is 2.96 bits per heavy atom. The van der Waals surface area contributed by atoms with E-state index in [0.29, 0.717) is 12.1 Å². The second-order valence-corrected chi connectivity index (χ2v) is 5.98. The number of fused-ring (bicyclic) bond motifs is 1. The lowest BCUT2D eigenvalue weighted by Crippen LogP contribution is -2.48. The van der Waals surface area contributed by atoms with Gasteiger partial charge in [0.2, 0.25) is 0 Å². The Balaban J connectivity index is 1.53. The molecule has 3 rings (SSSR count). The van der Waals surface area contributed by atoms with Gasteiger partial charge < -0.3 is 20.1 Å². The number of amides is 1. The van der Waals surface area contributed by atoms with Crippen LogP contribution in [0.25, 0.3) is 5.65 Å². The van der Waals surface area contributed by atoms with Crippen molar-refractivity contribution in [3.05, 3.63) is 35.8 Å². The van der Waals surface area contributed by atoms with Crippen LogP contribution >= 0.6 is 0 Å². The van der Waals surface area contributed by atoms with E-state index in [0.717, 1.165) is 37.5 Å². The highest BCUT2D eigenvalue weighted by Crippen LogP contribution is 2.07. The fraction of sp³-hybridized carbons (Fsp3) is 0.500. The lowest BCUT2D eigenvalue weighted by Gasteiger charge is -2.29. The van der Waals surface area contributed by atoms with Crippen LogP contribution in [0.3, 0.4) is 0 Å². The van der Waals surface area contributed by atoms with E-state index in [1.165, 1.54) is 0 Å². The van der Waals surface area contributed by atoms with E-state index < -0.39 is 6.10 Å². The summed E-state index contributed by atoms with van der Waals surface area (Å²) in [5.41, 5.74) is 2.29. The number of piperazine rings is 1. The highest BCUT2D eigenvalue weighted by Gasteiger charge is 2.15. The van der Waals surface area contributed by atoms with Crippen molar-refractivity contribution >= 4 is 11.6 Å². The minimum Gasteiger partial charge on any atom is -0.390 e. The van der Waals surface area contributed by atoms with Gasteiger partial charge in [0.15, 0.2) is 0 Å². The summed E-state index contributed by atoms with van der Waals surface area (Å²) >= 11 is 0. The summed E-state index contributed by atoms with van der Waals surface area (Å²) in [6.07, 6.45) is 3.08. The van der Waals surface area contributed by atoms with E-state index in [1.807, 2.05) is 23.6 Å². The number of hydrogen-bond donors (Lipinski definition) is 3. The minimum absolute atomic E-state index is 0.183. The summed E-state index contributed by atoms with van der Waals surface area (Å²) < 4.78 is 1.83. The molecule has 1 amide bonds. The molecule has 0 aliphatic carbocycles. The summed E-state index contributed by atoms with van der Waals surface area (Å²) in [7, 11) is 0. The molecular formula is C16H23N5O2. The van der Waals surface area contributed by atoms with Gasteiger partial charge in [0.25, 0.3) is 5.91 Å². The second kappa shape index (κ2) is 7.08. The number of β-amino-alcohol motifs (C(OH)–C–C–N with tert-alkyl or cyclic N) is 1. The van der Waals surface area contributed by atoms with E-state index in [1.54, 1.807) is 12.3 Å². The topological polar surface area (TPSA) is 81.9 Å². The first-order valence-electron chi connectivity index (χ1n) is 7.96. The Labute approximate surface area is 135 Å². The first kappa shape index (κ1) is 15.9. The van der Waals surface area contributed by atoms with Crippen molar-refractivity contribution < 1.29 is 9.90 Å². The number of carbonyl (C=O) groups excluding carboxylic acids is 1. The van der Waals surface area contributed by atoms with E-state index in [2.05, 4.69) is 20.5 Å². The van der Waals surface area contributed by atoms with Crippen LogP contribution < -0.4 is 10.6 Å². The molecule has 1 aliphatic heterocycles. The lowest BCUT2D eigenvalue weighted by atomic mass is 10.2. The van der Waals surface area contributed by atoms with Gasteiger partial charge in [-0.3, -0.25) is 9.69 Å². The maximum Gasteiger partial charge on any atom is 0.252 e. The third kappa shape index (κ3) is 4.07. The van der Waals surface area contributed by atoms with Crippen molar-refractivity contribution in [2.75, 3.05) is 39.3 Å². The van der Waals surface area contributed by atoms with Gasteiger partial charge in [-0.25, -0.2) is 4.98 Å². The molecule has 2 aromatic heterocycles. The molecule has 0 radical (unpaired) electrons. The van der Waals surface area contributed by atoms with Crippen molar-refractivity contribution in [2.45, 2.75) is 13.0 Å². The molecule has 0 unspecified atom stereocenters. The summed E-state index contributed by atoms with van der Waals surface area (Å²) in [5, 5.41) is 16.2. The van der Waals surface area contributed by atoms with Crippen LogP contribution in [0.5, 0.6) is 0 Å². The molecule has 7 heteroatoms. The van der Waals surface area contributed by atoms with Crippen LogP contribution in [0.15, 0.2) is 24.5 Å². The Kier molecular flexibility index (Phi) is 4.90. The largest absolute Gasteiger partial charge is 0.390 e. The van der Waals surface area contributed by atoms with Gasteiger partial charge in [0.05, 0.1) is 17.4 Å². The Morgan fingerprint density at radius 2 is 2.17 bits per heavy atom. The number of rotatable bonds is 5. The molecule has 1 fully saturated rings. The average Bonchev–Trinajstić information content (AvgIpc) is 2.92. The number of aliphatic hydroxyl groups excluding tert-OH is 1. The number of nitrogens with zero attached hydrogens (tertiary/aromatic N) is 3. The number of aliphatic hydroxyl groups is 1. The molecule has 0 bridgehead atoms. The summed E-state index contributed by atoms with van der Waals surface area (Å²) in [6.45, 7) is 6.51. The quantitative estimate of drug-likeness (QED) is 0.701. The van der Waals surface area contributed by atoms with Crippen LogP contribution in [-0.2, 0) is 0 Å². The highest BCUT2D eigenvalue weighted by atomic mass is 16.3. The van der Waals surface area contributed by atoms with Crippen LogP contribution in [0, 0.1) is 6.92 Å². The van der Waals surface area contributed by atoms with E-state index in [4.69, 9.17) is 0 Å². The number of aryl methyl sites for hydroxylation is 1. The van der Waals surface area contributed by atoms with E-state index in [-0.39, 0.29) is 12.5 Å². The standard InChI is InChI=1S/C16H23N5O2/c1-12-9-21-10-13(2-3-15(21)19-12)16(23)18-8-14(22)11-20-6-4-17-5-7-20/h2-3,9-10,14,17,22H,4-8,11H2,1H3,(H,18,23)/t14-/m0/s1. The number of pyridine rings is 1. The SMILES string of the molecule is Cc1cn2cc(C(=O)NC[C@H](O)CN3CCNCC3)ccc2n1. The third-order valence-electron chi connectivity index (χ3n) is 4.01. The highest BCUT2D eigenvalue weighted by molar-refractivity contribution is 5.94. The maximum atomic E-state index is 12.2. The lowest BCUT2D eigenvalue weighted by molar-refractivity contribution is 0.0842. The zero-order valence-corrected chi connectivity index (χ0v) is 13.3. The van der Waals surface area contributed by atoms with Gasteiger partial charge in [-0.1, -0.05) is 0 Å². The number of aromatic nitrogens is 2. The molecule has 23 heavy (non-hydrogen) atoms. The predicted octanol–water partition coefficient (Wildman–Crippen LogP) is -0.361. The van der Waals surface area contributed by atoms with Gasteiger partial charge in [-0.15, -0.1) is 0 Å². The Bertz CT molecular complexity index is 678. The monoisotopic (exact) mass is 317 g/mol. The van der Waals surface area contributed by atoms with Crippen molar-refractivity contribution in [2.24, 2.45) is 0 Å². The number of carbonyl (C=O) groups is 1. The first-order valence-corrected chi connectivity index (χ1v) is 7.96. The molecule has 1 aliphatic rings. The minimum atomic E-state index is -0.559. The zero-order chi connectivity index (χ0) is 16.2. The normalized spacial score (nSPS) is 17.3. The van der Waals surface area contributed by atoms with Crippen LogP contribution in [-0.4, -0.2) is 70.7 Å². The summed E-state index contributed by atoms with van der Waals surface area (Å²) in [6, 6.07) is 3.57. The molecule has 3 N–H and O–H groups in total. The molecular weight excluding hydrogens is 294 g/mol. The number of nitrogens with one attached hydrogen (secondary N) is 2. The number of hydrogen-bond acceptors (Lipinski definition) is 5. The van der Waals surface area contributed by atoms with Gasteiger partial charge in [-0.2, -0.15) is 0 Å². The second-order valence-electron chi connectivity index (χ2n) is 5.98. The molecule has 0 saturated carbocycles. The molecule has 1 atom stereocenters. The number of imidazole rings is 1. The van der Waals surface area contributed by atoms with Gasteiger partial charge in [0.1, 0.15) is 5.65 Å². The molecule has 3 heterocycles. The van der Waals surface area contributed by atoms with Gasteiger partial charge >= 0.3 is 0 Å². The van der Waals surface area contributed by atoms with E-state index >= 15 is 0 Å². The van der Waals surface area contributed by atoms with Crippen molar-refractivity contribution in [3.8, 4) is 0 Å². The average molecular weight is 317 g/mol. The van der Waals surface area contributed by atoms with Crippen LogP contribution in [0.2, 0.25) is 0 Å². The zero-order valence-electron chi connectivity index (χ0n) is 13.3. The Morgan fingerprint density at radius 1 is 1.39 bits per heavy atom. The van der Waals surface area contributed by atoms with E-state index in [9.17, 15) is 9.90 Å². The molecule has 0 aromatic carbocycles. The van der Waals surface area contributed by atoms with Crippen molar-refractivity contribution in [3.63, 3.8) is 0 Å². The molecule has 2 aromatic rings. The third-order valence-corrected chi connectivity index (χ3v) is 4.01. The summed E-state index contributed by atoms with van der Waals surface area (Å²) in [5.74, 6) is -0.183. The molecule has 1 saturated heterocycles.